The Hall–Kier alpha value is -1.36. The van der Waals surface area contributed by atoms with E-state index in [-0.39, 0.29) is 30.3 Å². The molecule has 4 heteroatoms. The van der Waals surface area contributed by atoms with Crippen molar-refractivity contribution in [3.8, 4) is 5.75 Å². The normalized spacial score (nSPS) is 37.9. The van der Waals surface area contributed by atoms with Crippen LogP contribution in [0.25, 0.3) is 5.57 Å². The third-order valence-corrected chi connectivity index (χ3v) is 5.29. The Bertz CT molecular complexity index is 646. The minimum atomic E-state index is -0.521. The number of hydrogen-bond donors (Lipinski definition) is 0. The lowest BCUT2D eigenvalue weighted by Crippen LogP contribution is -2.36. The molecule has 0 N–H and O–H groups in total. The smallest absolute Gasteiger partial charge is 0.164 e. The predicted molar refractivity (Wildman–Crippen MR) is 87.2 cm³/mol. The molecule has 3 aliphatic rings. The molecule has 0 aromatic heterocycles. The van der Waals surface area contributed by atoms with E-state index in [0.29, 0.717) is 0 Å². The van der Waals surface area contributed by atoms with E-state index in [1.54, 1.807) is 7.11 Å². The summed E-state index contributed by atoms with van der Waals surface area (Å²) >= 11 is 0. The molecule has 1 unspecified atom stereocenters. The van der Waals surface area contributed by atoms with Crippen LogP contribution in [0.5, 0.6) is 5.75 Å². The molecule has 4 nitrogen and oxygen atoms in total. The highest BCUT2D eigenvalue weighted by atomic mass is 16.8. The van der Waals surface area contributed by atoms with Crippen LogP contribution in [0.4, 0.5) is 0 Å². The SMILES string of the molecule is COc1ccc(C2=C(C)[C@H]3O[C@@H](C2C)[C@@H]2OC(C)(C)O[C@@H]23)cc1. The lowest BCUT2D eigenvalue weighted by molar-refractivity contribution is -0.187. The summed E-state index contributed by atoms with van der Waals surface area (Å²) in [6.07, 6.45) is 0.0385. The number of hydrogen-bond acceptors (Lipinski definition) is 4. The van der Waals surface area contributed by atoms with Crippen molar-refractivity contribution in [2.45, 2.75) is 57.9 Å². The molecule has 23 heavy (non-hydrogen) atoms. The molecule has 4 rings (SSSR count). The fourth-order valence-corrected chi connectivity index (χ4v) is 4.32. The Morgan fingerprint density at radius 1 is 1.00 bits per heavy atom. The fourth-order valence-electron chi connectivity index (χ4n) is 4.32. The molecule has 1 aromatic carbocycles. The number of benzene rings is 1. The highest BCUT2D eigenvalue weighted by Crippen LogP contribution is 2.50. The average molecular weight is 316 g/mol. The summed E-state index contributed by atoms with van der Waals surface area (Å²) in [7, 11) is 1.69. The summed E-state index contributed by atoms with van der Waals surface area (Å²) in [5.41, 5.74) is 3.84. The number of ether oxygens (including phenoxy) is 4. The van der Waals surface area contributed by atoms with Gasteiger partial charge in [-0.3, -0.25) is 0 Å². The molecule has 0 spiro atoms. The molecule has 124 valence electrons. The van der Waals surface area contributed by atoms with Gasteiger partial charge in [0.15, 0.2) is 5.79 Å². The topological polar surface area (TPSA) is 36.9 Å². The van der Waals surface area contributed by atoms with Crippen LogP contribution >= 0.6 is 0 Å². The van der Waals surface area contributed by atoms with E-state index in [2.05, 4.69) is 26.0 Å². The van der Waals surface area contributed by atoms with Crippen molar-refractivity contribution in [2.75, 3.05) is 7.11 Å². The molecule has 0 aliphatic carbocycles. The lowest BCUT2D eigenvalue weighted by Gasteiger charge is -2.34. The molecule has 0 amide bonds. The number of rotatable bonds is 2. The monoisotopic (exact) mass is 316 g/mol. The number of fused-ring (bicyclic) bond motifs is 5. The van der Waals surface area contributed by atoms with E-state index in [1.807, 2.05) is 26.0 Å². The van der Waals surface area contributed by atoms with Crippen LogP contribution in [0, 0.1) is 5.92 Å². The van der Waals surface area contributed by atoms with Crippen LogP contribution in [0.3, 0.4) is 0 Å². The van der Waals surface area contributed by atoms with Gasteiger partial charge in [-0.15, -0.1) is 0 Å². The summed E-state index contributed by atoms with van der Waals surface area (Å²) in [6, 6.07) is 8.27. The van der Waals surface area contributed by atoms with Gasteiger partial charge in [-0.25, -0.2) is 0 Å². The maximum atomic E-state index is 6.25. The average Bonchev–Trinajstić information content (AvgIpc) is 2.98. The first-order chi connectivity index (χ1) is 10.9. The third kappa shape index (κ3) is 2.24. The van der Waals surface area contributed by atoms with E-state index < -0.39 is 5.79 Å². The van der Waals surface area contributed by atoms with Crippen LogP contribution in [-0.4, -0.2) is 37.3 Å². The second-order valence-corrected chi connectivity index (χ2v) is 7.20. The summed E-state index contributed by atoms with van der Waals surface area (Å²) in [6.45, 7) is 8.35. The van der Waals surface area contributed by atoms with Crippen LogP contribution in [0.1, 0.15) is 33.3 Å². The molecule has 2 fully saturated rings. The fraction of sp³-hybridized carbons (Fsp3) is 0.579. The van der Waals surface area contributed by atoms with Gasteiger partial charge < -0.3 is 18.9 Å². The Labute approximate surface area is 137 Å². The Morgan fingerprint density at radius 2 is 1.65 bits per heavy atom. The Morgan fingerprint density at radius 3 is 2.30 bits per heavy atom. The molecular formula is C19H24O4. The van der Waals surface area contributed by atoms with E-state index in [9.17, 15) is 0 Å². The van der Waals surface area contributed by atoms with Gasteiger partial charge in [-0.1, -0.05) is 19.1 Å². The first kappa shape index (κ1) is 15.2. The summed E-state index contributed by atoms with van der Waals surface area (Å²) in [5.74, 6) is 0.625. The Kier molecular flexibility index (Phi) is 3.34. The van der Waals surface area contributed by atoms with Crippen LogP contribution in [-0.2, 0) is 14.2 Å². The van der Waals surface area contributed by atoms with Gasteiger partial charge in [0.05, 0.1) is 13.2 Å². The lowest BCUT2D eigenvalue weighted by atomic mass is 9.84. The second-order valence-electron chi connectivity index (χ2n) is 7.20. The maximum absolute atomic E-state index is 6.25. The highest BCUT2D eigenvalue weighted by Gasteiger charge is 2.59. The van der Waals surface area contributed by atoms with E-state index in [1.165, 1.54) is 16.7 Å². The van der Waals surface area contributed by atoms with Gasteiger partial charge >= 0.3 is 0 Å². The molecule has 3 aliphatic heterocycles. The zero-order chi connectivity index (χ0) is 16.4. The Balaban J connectivity index is 1.73. The molecular weight excluding hydrogens is 292 g/mol. The van der Waals surface area contributed by atoms with Crippen LogP contribution < -0.4 is 4.74 Å². The van der Waals surface area contributed by atoms with Crippen molar-refractivity contribution in [3.05, 3.63) is 35.4 Å². The molecule has 5 atom stereocenters. The molecule has 1 aromatic rings. The van der Waals surface area contributed by atoms with E-state index in [4.69, 9.17) is 18.9 Å². The van der Waals surface area contributed by atoms with Crippen molar-refractivity contribution in [2.24, 2.45) is 5.92 Å². The van der Waals surface area contributed by atoms with Gasteiger partial charge in [0.1, 0.15) is 24.1 Å². The summed E-state index contributed by atoms with van der Waals surface area (Å²) in [4.78, 5) is 0. The zero-order valence-electron chi connectivity index (χ0n) is 14.3. The quantitative estimate of drug-likeness (QED) is 0.838. The minimum Gasteiger partial charge on any atom is -0.497 e. The van der Waals surface area contributed by atoms with Crippen LogP contribution in [0.2, 0.25) is 0 Å². The maximum Gasteiger partial charge on any atom is 0.164 e. The first-order valence-electron chi connectivity index (χ1n) is 8.27. The summed E-state index contributed by atoms with van der Waals surface area (Å²) < 4.78 is 23.8. The molecule has 0 radical (unpaired) electrons. The largest absolute Gasteiger partial charge is 0.497 e. The molecule has 2 saturated heterocycles. The van der Waals surface area contributed by atoms with Crippen molar-refractivity contribution in [3.63, 3.8) is 0 Å². The summed E-state index contributed by atoms with van der Waals surface area (Å²) in [5, 5.41) is 0. The van der Waals surface area contributed by atoms with Gasteiger partial charge in [0.2, 0.25) is 0 Å². The van der Waals surface area contributed by atoms with Gasteiger partial charge in [-0.05, 0) is 49.6 Å². The van der Waals surface area contributed by atoms with Crippen molar-refractivity contribution >= 4 is 5.57 Å². The predicted octanol–water partition coefficient (Wildman–Crippen LogP) is 3.41. The van der Waals surface area contributed by atoms with E-state index >= 15 is 0 Å². The molecule has 0 saturated carbocycles. The zero-order valence-corrected chi connectivity index (χ0v) is 14.3. The van der Waals surface area contributed by atoms with Crippen molar-refractivity contribution in [1.82, 2.24) is 0 Å². The number of methoxy groups -OCH3 is 1. The second kappa shape index (κ2) is 5.07. The van der Waals surface area contributed by atoms with Crippen LogP contribution in [0.15, 0.2) is 29.8 Å². The minimum absolute atomic E-state index is 0.00630. The standard InChI is InChI=1S/C19H24O4/c1-10-14(12-6-8-13(20-5)9-7-12)11(2)16-18-17(15(10)21-16)22-19(3,4)23-18/h6-10,15-18H,1-5H3/t10?,15-,16+,17-,18+/m0/s1. The molecule has 3 heterocycles. The highest BCUT2D eigenvalue weighted by molar-refractivity contribution is 5.73. The van der Waals surface area contributed by atoms with E-state index in [0.717, 1.165) is 5.75 Å². The van der Waals surface area contributed by atoms with Crippen molar-refractivity contribution < 1.29 is 18.9 Å². The third-order valence-electron chi connectivity index (χ3n) is 5.29. The van der Waals surface area contributed by atoms with Gasteiger partial charge in [0, 0.05) is 5.92 Å². The van der Waals surface area contributed by atoms with Crippen molar-refractivity contribution in [1.29, 1.82) is 0 Å². The van der Waals surface area contributed by atoms with Gasteiger partial charge in [0.25, 0.3) is 0 Å². The first-order valence-corrected chi connectivity index (χ1v) is 8.27. The molecule has 2 bridgehead atoms. The van der Waals surface area contributed by atoms with Gasteiger partial charge in [-0.2, -0.15) is 0 Å².